The van der Waals surface area contributed by atoms with Gasteiger partial charge in [-0.1, -0.05) is 36.5 Å². The van der Waals surface area contributed by atoms with Gasteiger partial charge in [-0.15, -0.1) is 0 Å². The maximum atomic E-state index is 13.6. The van der Waals surface area contributed by atoms with Gasteiger partial charge in [-0.05, 0) is 42.3 Å². The molecule has 28 heavy (non-hydrogen) atoms. The van der Waals surface area contributed by atoms with E-state index in [9.17, 15) is 9.18 Å². The Hall–Kier alpha value is -3.26. The number of thiazole rings is 1. The second kappa shape index (κ2) is 9.09. The van der Waals surface area contributed by atoms with E-state index in [1.165, 1.54) is 12.3 Å². The molecule has 0 bridgehead atoms. The average Bonchev–Trinajstić information content (AvgIpc) is 3.09. The second-order valence-electron chi connectivity index (χ2n) is 5.83. The van der Waals surface area contributed by atoms with Crippen LogP contribution in [-0.4, -0.2) is 17.1 Å². The van der Waals surface area contributed by atoms with Crippen molar-refractivity contribution in [2.24, 2.45) is 5.10 Å². The maximum Gasteiger partial charge on any atom is 0.283 e. The summed E-state index contributed by atoms with van der Waals surface area (Å²) in [6, 6.07) is 13.6. The summed E-state index contributed by atoms with van der Waals surface area (Å²) in [6.07, 6.45) is 2.14. The van der Waals surface area contributed by atoms with Crippen LogP contribution in [-0.2, 0) is 13.0 Å². The molecule has 2 aromatic carbocycles. The summed E-state index contributed by atoms with van der Waals surface area (Å²) in [4.78, 5) is 16.8. The van der Waals surface area contributed by atoms with Gasteiger partial charge in [0.05, 0.1) is 11.9 Å². The minimum absolute atomic E-state index is 0.147. The van der Waals surface area contributed by atoms with Crippen molar-refractivity contribution in [3.63, 3.8) is 0 Å². The minimum atomic E-state index is -0.341. The largest absolute Gasteiger partial charge is 0.489 e. The van der Waals surface area contributed by atoms with Crippen LogP contribution in [0.5, 0.6) is 5.75 Å². The van der Waals surface area contributed by atoms with Crippen molar-refractivity contribution in [1.29, 1.82) is 0 Å². The zero-order valence-corrected chi connectivity index (χ0v) is 16.0. The topological polar surface area (TPSA) is 89.6 Å². The van der Waals surface area contributed by atoms with E-state index in [1.807, 2.05) is 6.92 Å². The number of aryl methyl sites for hydroxylation is 1. The lowest BCUT2D eigenvalue weighted by Crippen LogP contribution is -2.17. The number of benzene rings is 2. The third-order valence-corrected chi connectivity index (χ3v) is 4.79. The van der Waals surface area contributed by atoms with Crippen LogP contribution in [0.3, 0.4) is 0 Å². The van der Waals surface area contributed by atoms with E-state index < -0.39 is 0 Å². The number of nitrogens with one attached hydrogen (secondary N) is 1. The van der Waals surface area contributed by atoms with E-state index in [2.05, 4.69) is 15.5 Å². The van der Waals surface area contributed by atoms with E-state index >= 15 is 0 Å². The molecule has 3 rings (SSSR count). The van der Waals surface area contributed by atoms with Crippen LogP contribution in [0, 0.1) is 5.82 Å². The Morgan fingerprint density at radius 3 is 2.75 bits per heavy atom. The van der Waals surface area contributed by atoms with Crippen LogP contribution in [0.1, 0.15) is 33.4 Å². The molecular weight excluding hydrogens is 379 g/mol. The Balaban J connectivity index is 1.55. The minimum Gasteiger partial charge on any atom is -0.489 e. The number of hydrogen-bond donors (Lipinski definition) is 2. The molecule has 0 aliphatic rings. The number of amides is 1. The van der Waals surface area contributed by atoms with Gasteiger partial charge in [-0.2, -0.15) is 5.10 Å². The quantitative estimate of drug-likeness (QED) is 0.468. The van der Waals surface area contributed by atoms with Gasteiger partial charge in [0.1, 0.15) is 23.1 Å². The zero-order chi connectivity index (χ0) is 19.9. The lowest BCUT2D eigenvalue weighted by Gasteiger charge is -2.07. The SMILES string of the molecule is CCc1nc(N)sc1C(=O)N/N=C/c1ccc(OCc2ccccc2F)cc1. The molecular formula is C20H19FN4O2S. The Labute approximate surface area is 165 Å². The van der Waals surface area contributed by atoms with Gasteiger partial charge in [0.15, 0.2) is 5.13 Å². The van der Waals surface area contributed by atoms with Gasteiger partial charge < -0.3 is 10.5 Å². The number of anilines is 1. The number of carbonyl (C=O) groups excluding carboxylic acids is 1. The van der Waals surface area contributed by atoms with Crippen molar-refractivity contribution in [3.05, 3.63) is 76.0 Å². The molecule has 6 nitrogen and oxygen atoms in total. The van der Waals surface area contributed by atoms with Crippen LogP contribution in [0.4, 0.5) is 9.52 Å². The van der Waals surface area contributed by atoms with Gasteiger partial charge >= 0.3 is 0 Å². The Kier molecular flexibility index (Phi) is 6.33. The van der Waals surface area contributed by atoms with Crippen molar-refractivity contribution in [3.8, 4) is 5.75 Å². The highest BCUT2D eigenvalue weighted by atomic mass is 32.1. The molecule has 0 unspecified atom stereocenters. The summed E-state index contributed by atoms with van der Waals surface area (Å²) in [5.41, 5.74) is 10.1. The molecule has 8 heteroatoms. The van der Waals surface area contributed by atoms with Crippen LogP contribution in [0.15, 0.2) is 53.6 Å². The molecule has 0 aliphatic carbocycles. The van der Waals surface area contributed by atoms with Gasteiger partial charge in [0.2, 0.25) is 0 Å². The van der Waals surface area contributed by atoms with Crippen LogP contribution in [0.2, 0.25) is 0 Å². The molecule has 0 fully saturated rings. The normalized spacial score (nSPS) is 10.9. The van der Waals surface area contributed by atoms with E-state index in [0.717, 1.165) is 16.9 Å². The number of carbonyl (C=O) groups is 1. The summed E-state index contributed by atoms with van der Waals surface area (Å²) in [6.45, 7) is 2.05. The van der Waals surface area contributed by atoms with E-state index in [0.29, 0.717) is 33.4 Å². The molecule has 1 heterocycles. The summed E-state index contributed by atoms with van der Waals surface area (Å²) >= 11 is 1.14. The van der Waals surface area contributed by atoms with Crippen LogP contribution < -0.4 is 15.9 Å². The van der Waals surface area contributed by atoms with Gasteiger partial charge in [-0.25, -0.2) is 14.8 Å². The number of ether oxygens (including phenoxy) is 1. The lowest BCUT2D eigenvalue weighted by molar-refractivity contribution is 0.0958. The van der Waals surface area contributed by atoms with Crippen LogP contribution >= 0.6 is 11.3 Å². The predicted molar refractivity (Wildman–Crippen MR) is 108 cm³/mol. The number of halogens is 1. The second-order valence-corrected chi connectivity index (χ2v) is 6.86. The Morgan fingerprint density at radius 1 is 1.29 bits per heavy atom. The summed E-state index contributed by atoms with van der Waals surface area (Å²) in [5, 5.41) is 4.32. The first-order valence-corrected chi connectivity index (χ1v) is 9.43. The highest BCUT2D eigenvalue weighted by molar-refractivity contribution is 7.17. The third-order valence-electron chi connectivity index (χ3n) is 3.87. The molecule has 0 aliphatic heterocycles. The number of nitrogen functional groups attached to an aromatic ring is 1. The average molecular weight is 398 g/mol. The monoisotopic (exact) mass is 398 g/mol. The summed E-state index contributed by atoms with van der Waals surface area (Å²) in [7, 11) is 0. The number of nitrogens with zero attached hydrogens (tertiary/aromatic N) is 2. The van der Waals surface area contributed by atoms with Crippen molar-refractivity contribution in [1.82, 2.24) is 10.4 Å². The molecule has 3 N–H and O–H groups in total. The number of hydrazone groups is 1. The number of nitrogens with two attached hydrogens (primary N) is 1. The van der Waals surface area contributed by atoms with Crippen molar-refractivity contribution in [2.45, 2.75) is 20.0 Å². The zero-order valence-electron chi connectivity index (χ0n) is 15.2. The first-order chi connectivity index (χ1) is 13.6. The number of aromatic nitrogens is 1. The highest BCUT2D eigenvalue weighted by Crippen LogP contribution is 2.20. The van der Waals surface area contributed by atoms with E-state index in [1.54, 1.807) is 42.5 Å². The van der Waals surface area contributed by atoms with Crippen LogP contribution in [0.25, 0.3) is 0 Å². The van der Waals surface area contributed by atoms with Gasteiger partial charge in [-0.3, -0.25) is 4.79 Å². The number of hydrogen-bond acceptors (Lipinski definition) is 6. The lowest BCUT2D eigenvalue weighted by atomic mass is 10.2. The Morgan fingerprint density at radius 2 is 2.04 bits per heavy atom. The molecule has 0 saturated heterocycles. The molecule has 1 amide bonds. The smallest absolute Gasteiger partial charge is 0.283 e. The van der Waals surface area contributed by atoms with E-state index in [4.69, 9.17) is 10.5 Å². The van der Waals surface area contributed by atoms with Crippen molar-refractivity contribution >= 4 is 28.6 Å². The molecule has 0 spiro atoms. The molecule has 0 atom stereocenters. The fraction of sp³-hybridized carbons (Fsp3) is 0.150. The predicted octanol–water partition coefficient (Wildman–Crippen LogP) is 3.77. The molecule has 1 aromatic heterocycles. The Bertz CT molecular complexity index is 986. The maximum absolute atomic E-state index is 13.6. The standard InChI is InChI=1S/C20H19FN4O2S/c1-2-17-18(28-20(22)24-17)19(26)25-23-11-13-7-9-15(10-8-13)27-12-14-5-3-4-6-16(14)21/h3-11H,2,12H2,1H3,(H2,22,24)(H,25,26)/b23-11+. The summed E-state index contributed by atoms with van der Waals surface area (Å²) in [5.74, 6) is -0.0276. The molecule has 144 valence electrons. The first kappa shape index (κ1) is 19.5. The van der Waals surface area contributed by atoms with E-state index in [-0.39, 0.29) is 18.3 Å². The first-order valence-electron chi connectivity index (χ1n) is 8.61. The van der Waals surface area contributed by atoms with Crippen molar-refractivity contribution in [2.75, 3.05) is 5.73 Å². The van der Waals surface area contributed by atoms with Crippen molar-refractivity contribution < 1.29 is 13.9 Å². The number of rotatable bonds is 7. The molecule has 3 aromatic rings. The molecule has 0 radical (unpaired) electrons. The van der Waals surface area contributed by atoms with Gasteiger partial charge in [0.25, 0.3) is 5.91 Å². The molecule has 0 saturated carbocycles. The fourth-order valence-electron chi connectivity index (χ4n) is 2.43. The summed E-state index contributed by atoms with van der Waals surface area (Å²) < 4.78 is 19.2. The highest BCUT2D eigenvalue weighted by Gasteiger charge is 2.15. The van der Waals surface area contributed by atoms with Gasteiger partial charge in [0, 0.05) is 5.56 Å². The fourth-order valence-corrected chi connectivity index (χ4v) is 3.24. The third kappa shape index (κ3) is 4.92.